The molecule has 2 aromatic rings. The number of aromatic nitrogens is 1. The fraction of sp³-hybridized carbons (Fsp3) is 0.182. The third kappa shape index (κ3) is 1.84. The highest BCUT2D eigenvalue weighted by molar-refractivity contribution is 7.10. The molecule has 0 bridgehead atoms. The second kappa shape index (κ2) is 3.90. The molecule has 2 aromatic heterocycles. The lowest BCUT2D eigenvalue weighted by atomic mass is 10.1. The number of thiophene rings is 1. The molecule has 0 amide bonds. The number of nitrogens with two attached hydrogens (primary N) is 1. The van der Waals surface area contributed by atoms with Crippen LogP contribution in [-0.4, -0.2) is 4.98 Å². The summed E-state index contributed by atoms with van der Waals surface area (Å²) in [7, 11) is 0. The first-order valence-corrected chi connectivity index (χ1v) is 5.38. The highest BCUT2D eigenvalue weighted by Gasteiger charge is 2.01. The van der Waals surface area contributed by atoms with Crippen LogP contribution in [0.25, 0.3) is 11.1 Å². The Labute approximate surface area is 87.4 Å². The summed E-state index contributed by atoms with van der Waals surface area (Å²) in [5.41, 5.74) is 8.97. The number of hydrogen-bond donors (Lipinski definition) is 1. The minimum atomic E-state index is 0.615. The van der Waals surface area contributed by atoms with Gasteiger partial charge in [-0.2, -0.15) is 0 Å². The standard InChI is InChI=1S/C11H12N2S/c1-8-2-3-9(6-13-8)10-4-11(5-12)14-7-10/h2-4,6-7H,5,12H2,1H3. The lowest BCUT2D eigenvalue weighted by Gasteiger charge is -1.96. The Hall–Kier alpha value is -1.19. The van der Waals surface area contributed by atoms with Crippen molar-refractivity contribution in [3.8, 4) is 11.1 Å². The average molecular weight is 204 g/mol. The number of hydrogen-bond acceptors (Lipinski definition) is 3. The predicted octanol–water partition coefficient (Wildman–Crippen LogP) is 2.58. The summed E-state index contributed by atoms with van der Waals surface area (Å²) in [6.45, 7) is 2.60. The van der Waals surface area contributed by atoms with Gasteiger partial charge in [0.25, 0.3) is 0 Å². The molecule has 0 aliphatic carbocycles. The Kier molecular flexibility index (Phi) is 2.61. The smallest absolute Gasteiger partial charge is 0.0373 e. The lowest BCUT2D eigenvalue weighted by molar-refractivity contribution is 1.11. The van der Waals surface area contributed by atoms with Gasteiger partial charge in [-0.1, -0.05) is 6.07 Å². The Morgan fingerprint density at radius 1 is 1.36 bits per heavy atom. The SMILES string of the molecule is Cc1ccc(-c2csc(CN)c2)cn1. The van der Waals surface area contributed by atoms with Crippen molar-refractivity contribution in [1.82, 2.24) is 4.98 Å². The van der Waals surface area contributed by atoms with E-state index in [1.807, 2.05) is 19.2 Å². The van der Waals surface area contributed by atoms with E-state index in [-0.39, 0.29) is 0 Å². The third-order valence-corrected chi connectivity index (χ3v) is 3.06. The molecule has 0 radical (unpaired) electrons. The molecule has 2 nitrogen and oxygen atoms in total. The van der Waals surface area contributed by atoms with Crippen LogP contribution in [0, 0.1) is 6.92 Å². The second-order valence-electron chi connectivity index (χ2n) is 3.19. The summed E-state index contributed by atoms with van der Waals surface area (Å²) < 4.78 is 0. The van der Waals surface area contributed by atoms with Gasteiger partial charge in [-0.05, 0) is 30.0 Å². The highest BCUT2D eigenvalue weighted by atomic mass is 32.1. The Bertz CT molecular complexity index is 417. The molecule has 0 saturated carbocycles. The molecule has 2 rings (SSSR count). The quantitative estimate of drug-likeness (QED) is 0.816. The monoisotopic (exact) mass is 204 g/mol. The van der Waals surface area contributed by atoms with E-state index in [1.165, 1.54) is 10.4 Å². The molecular formula is C11H12N2S. The van der Waals surface area contributed by atoms with E-state index in [2.05, 4.69) is 22.5 Å². The molecule has 0 atom stereocenters. The average Bonchev–Trinajstić information content (AvgIpc) is 2.67. The normalized spacial score (nSPS) is 10.4. The van der Waals surface area contributed by atoms with Gasteiger partial charge < -0.3 is 5.73 Å². The topological polar surface area (TPSA) is 38.9 Å². The Morgan fingerprint density at radius 3 is 2.79 bits per heavy atom. The van der Waals surface area contributed by atoms with Crippen molar-refractivity contribution in [2.45, 2.75) is 13.5 Å². The van der Waals surface area contributed by atoms with E-state index in [4.69, 9.17) is 5.73 Å². The van der Waals surface area contributed by atoms with Crippen molar-refractivity contribution in [2.75, 3.05) is 0 Å². The van der Waals surface area contributed by atoms with Crippen LogP contribution in [0.3, 0.4) is 0 Å². The Morgan fingerprint density at radius 2 is 2.21 bits per heavy atom. The zero-order valence-corrected chi connectivity index (χ0v) is 8.84. The van der Waals surface area contributed by atoms with Crippen LogP contribution in [0.1, 0.15) is 10.6 Å². The molecule has 0 spiro atoms. The molecule has 0 saturated heterocycles. The zero-order chi connectivity index (χ0) is 9.97. The van der Waals surface area contributed by atoms with Gasteiger partial charge in [-0.15, -0.1) is 11.3 Å². The largest absolute Gasteiger partial charge is 0.326 e. The van der Waals surface area contributed by atoms with E-state index in [0.29, 0.717) is 6.54 Å². The second-order valence-corrected chi connectivity index (χ2v) is 4.19. The molecule has 0 fully saturated rings. The van der Waals surface area contributed by atoms with Crippen LogP contribution in [0.15, 0.2) is 29.8 Å². The van der Waals surface area contributed by atoms with Crippen molar-refractivity contribution in [3.63, 3.8) is 0 Å². The van der Waals surface area contributed by atoms with E-state index >= 15 is 0 Å². The van der Waals surface area contributed by atoms with Crippen LogP contribution in [-0.2, 0) is 6.54 Å². The van der Waals surface area contributed by atoms with Crippen LogP contribution < -0.4 is 5.73 Å². The minimum absolute atomic E-state index is 0.615. The maximum absolute atomic E-state index is 5.56. The molecular weight excluding hydrogens is 192 g/mol. The molecule has 3 heteroatoms. The predicted molar refractivity (Wildman–Crippen MR) is 60.2 cm³/mol. The van der Waals surface area contributed by atoms with E-state index in [0.717, 1.165) is 11.3 Å². The van der Waals surface area contributed by atoms with Crippen molar-refractivity contribution < 1.29 is 0 Å². The van der Waals surface area contributed by atoms with Crippen LogP contribution in [0.2, 0.25) is 0 Å². The number of nitrogens with zero attached hydrogens (tertiary/aromatic N) is 1. The summed E-state index contributed by atoms with van der Waals surface area (Å²) in [5, 5.41) is 2.12. The fourth-order valence-corrected chi connectivity index (χ4v) is 2.05. The maximum Gasteiger partial charge on any atom is 0.0373 e. The van der Waals surface area contributed by atoms with Gasteiger partial charge in [0.05, 0.1) is 0 Å². The van der Waals surface area contributed by atoms with Gasteiger partial charge in [-0.3, -0.25) is 4.98 Å². The van der Waals surface area contributed by atoms with Gasteiger partial charge in [0, 0.05) is 28.9 Å². The summed E-state index contributed by atoms with van der Waals surface area (Å²) >= 11 is 1.70. The van der Waals surface area contributed by atoms with Gasteiger partial charge in [0.1, 0.15) is 0 Å². The maximum atomic E-state index is 5.56. The van der Waals surface area contributed by atoms with Gasteiger partial charge in [-0.25, -0.2) is 0 Å². The van der Waals surface area contributed by atoms with E-state index < -0.39 is 0 Å². The van der Waals surface area contributed by atoms with Gasteiger partial charge >= 0.3 is 0 Å². The first kappa shape index (κ1) is 9.37. The van der Waals surface area contributed by atoms with Crippen molar-refractivity contribution in [2.24, 2.45) is 5.73 Å². The van der Waals surface area contributed by atoms with E-state index in [9.17, 15) is 0 Å². The lowest BCUT2D eigenvalue weighted by Crippen LogP contribution is -1.91. The number of rotatable bonds is 2. The molecule has 0 aliphatic heterocycles. The van der Waals surface area contributed by atoms with Crippen molar-refractivity contribution in [1.29, 1.82) is 0 Å². The summed E-state index contributed by atoms with van der Waals surface area (Å²) in [6, 6.07) is 6.23. The molecule has 0 aliphatic rings. The summed E-state index contributed by atoms with van der Waals surface area (Å²) in [6.07, 6.45) is 1.90. The summed E-state index contributed by atoms with van der Waals surface area (Å²) in [4.78, 5) is 5.47. The number of pyridine rings is 1. The van der Waals surface area contributed by atoms with Gasteiger partial charge in [0.15, 0.2) is 0 Å². The number of aryl methyl sites for hydroxylation is 1. The van der Waals surface area contributed by atoms with Crippen LogP contribution in [0.5, 0.6) is 0 Å². The molecule has 2 heterocycles. The third-order valence-electron chi connectivity index (χ3n) is 2.10. The highest BCUT2D eigenvalue weighted by Crippen LogP contribution is 2.24. The van der Waals surface area contributed by atoms with E-state index in [1.54, 1.807) is 11.3 Å². The molecule has 2 N–H and O–H groups in total. The molecule has 0 unspecified atom stereocenters. The van der Waals surface area contributed by atoms with Crippen molar-refractivity contribution >= 4 is 11.3 Å². The molecule has 14 heavy (non-hydrogen) atoms. The zero-order valence-electron chi connectivity index (χ0n) is 8.03. The molecule has 72 valence electrons. The van der Waals surface area contributed by atoms with Crippen molar-refractivity contribution in [3.05, 3.63) is 40.3 Å². The minimum Gasteiger partial charge on any atom is -0.326 e. The van der Waals surface area contributed by atoms with Gasteiger partial charge in [0.2, 0.25) is 0 Å². The fourth-order valence-electron chi connectivity index (χ4n) is 1.28. The first-order chi connectivity index (χ1) is 6.79. The summed E-state index contributed by atoms with van der Waals surface area (Å²) in [5.74, 6) is 0. The Balaban J connectivity index is 2.34. The van der Waals surface area contributed by atoms with Crippen LogP contribution in [0.4, 0.5) is 0 Å². The molecule has 0 aromatic carbocycles. The van der Waals surface area contributed by atoms with Crippen LogP contribution >= 0.6 is 11.3 Å². The first-order valence-electron chi connectivity index (χ1n) is 4.50.